The highest BCUT2D eigenvalue weighted by molar-refractivity contribution is 9.09. The number of alkyl halides is 1. The number of carbonyl (C=O) groups is 2. The fourth-order valence-electron chi connectivity index (χ4n) is 18.4. The molecule has 8 saturated carbocycles. The molecule has 10 rings (SSSR count). The predicted octanol–water partition coefficient (Wildman–Crippen LogP) is 11.6. The Hall–Kier alpha value is -2.86. The molecule has 67 heavy (non-hydrogen) atoms. The van der Waals surface area contributed by atoms with Crippen LogP contribution in [-0.4, -0.2) is 58.3 Å². The SMILES string of the molecule is CC[C@@H]1C[C@H]2[C@@H]3CC[C@H]4C[C@](C)(O)CC[C@]4(C)[C@H]3CC[C@]2(C)[C@H]1C(=O)CBr.CC[C@@H]1C[C@H]2[C@@H]3CC[C@H]4C[C@](C)(O)CC[C@]4(C)[C@H]3CC[C@]2(C)[C@H]1C(=O)Cn1cc(C#N)cn1.N#Cc1cn[nH]c1. The van der Waals surface area contributed by atoms with Crippen molar-refractivity contribution in [1.29, 1.82) is 10.5 Å². The van der Waals surface area contributed by atoms with E-state index in [0.29, 0.717) is 68.4 Å². The van der Waals surface area contributed by atoms with Crippen LogP contribution in [0.25, 0.3) is 0 Å². The summed E-state index contributed by atoms with van der Waals surface area (Å²) in [6.45, 7) is 18.9. The molecule has 0 aliphatic heterocycles. The molecule has 2 aromatic rings. The lowest BCUT2D eigenvalue weighted by Gasteiger charge is -2.61. The van der Waals surface area contributed by atoms with E-state index in [2.05, 4.69) is 85.8 Å². The standard InChI is InChI=1S/C28H41N3O2.C24H39BrO2.C4H3N3/c1-5-19-12-23-21-7-6-20-13-26(2,33)10-11-27(20,3)22(21)8-9-28(23,4)25(19)24(32)17-31-16-18(14-29)15-30-31;1-5-15-12-19-17-7-6-16-13-22(2,27)10-11-23(16,3)18(17)8-9-24(19,4)21(15)20(26)14-25;5-1-4-2-6-7-3-4/h15-16,19-23,25,33H,5-13,17H2,1-4H3;15-19,21,27H,5-14H2,1-4H3;2-3H,(H,6,7)/t19-,20+,21-,22+,23+,25-,26-,27+,28+;15-,16+,17-,18+,19+,21-,22-,23+,24+;/m11./s1. The minimum atomic E-state index is -0.490. The number of carbonyl (C=O) groups excluding carboxylic acids is 2. The molecular weight excluding hydrogens is 901 g/mol. The van der Waals surface area contributed by atoms with Crippen LogP contribution in [0.4, 0.5) is 0 Å². The number of nitriles is 2. The second-order valence-electron chi connectivity index (χ2n) is 25.3. The molecule has 0 bridgehead atoms. The Bertz CT molecular complexity index is 2170. The lowest BCUT2D eigenvalue weighted by molar-refractivity contribution is -0.151. The number of aliphatic hydroxyl groups is 2. The lowest BCUT2D eigenvalue weighted by atomic mass is 9.44. The van der Waals surface area contributed by atoms with Crippen molar-refractivity contribution in [3.63, 3.8) is 0 Å². The average molecular weight is 984 g/mol. The molecule has 0 aromatic carbocycles. The molecule has 2 aromatic heterocycles. The molecule has 8 fully saturated rings. The number of rotatable bonds is 7. The summed E-state index contributed by atoms with van der Waals surface area (Å²) in [6, 6.07) is 4.03. The molecule has 0 amide bonds. The van der Waals surface area contributed by atoms with Gasteiger partial charge in [0.1, 0.15) is 17.9 Å². The number of nitrogens with zero attached hydrogens (tertiary/aromatic N) is 5. The van der Waals surface area contributed by atoms with Crippen LogP contribution in [0.1, 0.15) is 182 Å². The molecule has 3 N–H and O–H groups in total. The third-order valence-electron chi connectivity index (χ3n) is 21.8. The lowest BCUT2D eigenvalue weighted by Crippen LogP contribution is -2.55. The fraction of sp³-hybridized carbons (Fsp3) is 0.821. The molecule has 8 aliphatic rings. The first-order valence-corrected chi connectivity index (χ1v) is 27.7. The molecule has 0 radical (unpaired) electrons. The Balaban J connectivity index is 0.000000161. The van der Waals surface area contributed by atoms with Crippen molar-refractivity contribution >= 4 is 27.5 Å². The highest BCUT2D eigenvalue weighted by Gasteiger charge is 2.65. The normalized spacial score (nSPS) is 45.9. The van der Waals surface area contributed by atoms with Gasteiger partial charge in [-0.1, -0.05) is 70.3 Å². The van der Waals surface area contributed by atoms with E-state index >= 15 is 0 Å². The first-order valence-electron chi connectivity index (χ1n) is 26.6. The summed E-state index contributed by atoms with van der Waals surface area (Å²) in [6.07, 6.45) is 27.1. The van der Waals surface area contributed by atoms with Crippen molar-refractivity contribution in [3.05, 3.63) is 35.9 Å². The van der Waals surface area contributed by atoms with Crippen LogP contribution in [0.15, 0.2) is 24.8 Å². The Morgan fingerprint density at radius 2 is 1.18 bits per heavy atom. The van der Waals surface area contributed by atoms with Gasteiger partial charge in [0.2, 0.25) is 0 Å². The zero-order valence-electron chi connectivity index (χ0n) is 42.2. The molecule has 2 heterocycles. The average Bonchev–Trinajstić information content (AvgIpc) is 4.11. The Kier molecular flexibility index (Phi) is 14.4. The maximum absolute atomic E-state index is 13.7. The minimum Gasteiger partial charge on any atom is -0.390 e. The number of fused-ring (bicyclic) bond motifs is 10. The molecule has 368 valence electrons. The molecular formula is C56H83BrN6O4. The maximum atomic E-state index is 13.7. The molecule has 11 heteroatoms. The summed E-state index contributed by atoms with van der Waals surface area (Å²) in [7, 11) is 0. The van der Waals surface area contributed by atoms with E-state index in [1.165, 1.54) is 70.4 Å². The van der Waals surface area contributed by atoms with Crippen LogP contribution >= 0.6 is 15.9 Å². The highest BCUT2D eigenvalue weighted by Crippen LogP contribution is 2.71. The molecule has 18 atom stereocenters. The monoisotopic (exact) mass is 983 g/mol. The number of hydrogen-bond donors (Lipinski definition) is 3. The minimum absolute atomic E-state index is 0.0769. The number of halogens is 1. The zero-order chi connectivity index (χ0) is 48.3. The smallest absolute Gasteiger partial charge is 0.158 e. The Morgan fingerprint density at radius 1 is 0.687 bits per heavy atom. The van der Waals surface area contributed by atoms with Gasteiger partial charge in [0.15, 0.2) is 5.78 Å². The van der Waals surface area contributed by atoms with Gasteiger partial charge in [-0.25, -0.2) is 0 Å². The van der Waals surface area contributed by atoms with E-state index < -0.39 is 11.2 Å². The van der Waals surface area contributed by atoms with Crippen molar-refractivity contribution in [2.24, 2.45) is 92.7 Å². The van der Waals surface area contributed by atoms with E-state index in [9.17, 15) is 19.8 Å². The molecule has 8 aliphatic carbocycles. The van der Waals surface area contributed by atoms with Crippen molar-refractivity contribution < 1.29 is 19.8 Å². The van der Waals surface area contributed by atoms with Gasteiger partial charge < -0.3 is 10.2 Å². The van der Waals surface area contributed by atoms with Gasteiger partial charge >= 0.3 is 0 Å². The van der Waals surface area contributed by atoms with Crippen molar-refractivity contribution in [1.82, 2.24) is 20.0 Å². The van der Waals surface area contributed by atoms with Crippen molar-refractivity contribution in [2.75, 3.05) is 5.33 Å². The maximum Gasteiger partial charge on any atom is 0.158 e. The number of Topliss-reactive ketones (excluding diaryl/α,β-unsaturated/α-hetero) is 2. The van der Waals surface area contributed by atoms with E-state index in [4.69, 9.17) is 10.5 Å². The largest absolute Gasteiger partial charge is 0.390 e. The van der Waals surface area contributed by atoms with Gasteiger partial charge in [-0.05, 0) is 197 Å². The number of aromatic nitrogens is 4. The third kappa shape index (κ3) is 9.09. The van der Waals surface area contributed by atoms with E-state index in [0.717, 1.165) is 81.0 Å². The Morgan fingerprint density at radius 3 is 1.58 bits per heavy atom. The first-order chi connectivity index (χ1) is 31.7. The van der Waals surface area contributed by atoms with Crippen LogP contribution in [0.5, 0.6) is 0 Å². The number of nitrogens with one attached hydrogen (secondary N) is 1. The van der Waals surface area contributed by atoms with Gasteiger partial charge in [-0.3, -0.25) is 19.4 Å². The second kappa shape index (κ2) is 19.0. The fourth-order valence-corrected chi connectivity index (χ4v) is 18.8. The second-order valence-corrected chi connectivity index (χ2v) is 25.8. The number of H-pyrrole nitrogens is 1. The van der Waals surface area contributed by atoms with Crippen LogP contribution in [0, 0.1) is 115 Å². The van der Waals surface area contributed by atoms with Gasteiger partial charge in [0, 0.05) is 24.2 Å². The predicted molar refractivity (Wildman–Crippen MR) is 264 cm³/mol. The molecule has 10 nitrogen and oxygen atoms in total. The molecule has 0 spiro atoms. The molecule has 0 saturated heterocycles. The number of hydrogen-bond acceptors (Lipinski definition) is 8. The van der Waals surface area contributed by atoms with Gasteiger partial charge in [-0.15, -0.1) is 0 Å². The van der Waals surface area contributed by atoms with E-state index in [1.807, 2.05) is 13.0 Å². The number of aromatic amines is 1. The number of ketones is 2. The summed E-state index contributed by atoms with van der Waals surface area (Å²) in [5.41, 5.74) is 1.20. The summed E-state index contributed by atoms with van der Waals surface area (Å²) < 4.78 is 1.66. The van der Waals surface area contributed by atoms with E-state index in [-0.39, 0.29) is 29.2 Å². The quantitative estimate of drug-likeness (QED) is 0.230. The third-order valence-corrected chi connectivity index (χ3v) is 22.4. The van der Waals surface area contributed by atoms with Gasteiger partial charge in [0.05, 0.1) is 46.6 Å². The summed E-state index contributed by atoms with van der Waals surface area (Å²) in [5.74, 6) is 7.92. The summed E-state index contributed by atoms with van der Waals surface area (Å²) in [4.78, 5) is 26.6. The van der Waals surface area contributed by atoms with E-state index in [1.54, 1.807) is 23.3 Å². The van der Waals surface area contributed by atoms with Crippen LogP contribution in [-0.2, 0) is 16.1 Å². The first kappa shape index (κ1) is 50.5. The van der Waals surface area contributed by atoms with Crippen LogP contribution in [0.2, 0.25) is 0 Å². The van der Waals surface area contributed by atoms with Gasteiger partial charge in [0.25, 0.3) is 0 Å². The van der Waals surface area contributed by atoms with Crippen molar-refractivity contribution in [2.45, 2.75) is 189 Å². The van der Waals surface area contributed by atoms with Gasteiger partial charge in [-0.2, -0.15) is 20.7 Å². The van der Waals surface area contributed by atoms with Crippen molar-refractivity contribution in [3.8, 4) is 12.1 Å². The van der Waals surface area contributed by atoms with Crippen LogP contribution < -0.4 is 0 Å². The summed E-state index contributed by atoms with van der Waals surface area (Å²) in [5, 5.41) is 49.5. The Labute approximate surface area is 410 Å². The highest BCUT2D eigenvalue weighted by atomic mass is 79.9. The summed E-state index contributed by atoms with van der Waals surface area (Å²) >= 11 is 3.48. The topological polar surface area (TPSA) is 169 Å². The zero-order valence-corrected chi connectivity index (χ0v) is 43.8. The molecule has 0 unspecified atom stereocenters. The van der Waals surface area contributed by atoms with Crippen LogP contribution in [0.3, 0.4) is 0 Å².